The molecule has 0 saturated heterocycles. The molecule has 1 rings (SSSR count). The van der Waals surface area contributed by atoms with Gasteiger partial charge in [-0.2, -0.15) is 0 Å². The summed E-state index contributed by atoms with van der Waals surface area (Å²) in [4.78, 5) is 11.4. The summed E-state index contributed by atoms with van der Waals surface area (Å²) < 4.78 is 0. The summed E-state index contributed by atoms with van der Waals surface area (Å²) in [6.07, 6.45) is 1.90. The summed E-state index contributed by atoms with van der Waals surface area (Å²) >= 11 is 0. The highest BCUT2D eigenvalue weighted by molar-refractivity contribution is 5.58. The molecular weight excluding hydrogens is 226 g/mol. The summed E-state index contributed by atoms with van der Waals surface area (Å²) in [6.45, 7) is 11.6. The lowest BCUT2D eigenvalue weighted by Crippen LogP contribution is -2.33. The molecule has 0 aliphatic rings. The van der Waals surface area contributed by atoms with Crippen LogP contribution in [0.4, 0.5) is 11.6 Å². The van der Waals surface area contributed by atoms with Crippen LogP contribution in [0.5, 0.6) is 0 Å². The van der Waals surface area contributed by atoms with E-state index in [0.29, 0.717) is 6.04 Å². The standard InChI is InChI=1S/C13H25N5/c1-6-8-18(9(3)4)13-10(5)12(17-14)15-11(7-2)16-13/h9H,6-8,14H2,1-5H3,(H,15,16,17). The normalized spacial score (nSPS) is 10.8. The smallest absolute Gasteiger partial charge is 0.148 e. The topological polar surface area (TPSA) is 67.1 Å². The van der Waals surface area contributed by atoms with E-state index >= 15 is 0 Å². The van der Waals surface area contributed by atoms with Crippen LogP contribution in [0.2, 0.25) is 0 Å². The molecule has 0 aromatic carbocycles. The largest absolute Gasteiger partial charge is 0.354 e. The fourth-order valence-corrected chi connectivity index (χ4v) is 1.98. The van der Waals surface area contributed by atoms with Gasteiger partial charge < -0.3 is 10.3 Å². The monoisotopic (exact) mass is 251 g/mol. The molecule has 1 aromatic heterocycles. The Bertz CT molecular complexity index is 389. The van der Waals surface area contributed by atoms with Crippen molar-refractivity contribution in [3.8, 4) is 0 Å². The molecule has 0 aliphatic heterocycles. The maximum Gasteiger partial charge on any atom is 0.148 e. The molecule has 0 bridgehead atoms. The molecular formula is C13H25N5. The van der Waals surface area contributed by atoms with Crippen molar-refractivity contribution in [1.82, 2.24) is 9.97 Å². The third-order valence-corrected chi connectivity index (χ3v) is 2.98. The third-order valence-electron chi connectivity index (χ3n) is 2.98. The number of hydrazine groups is 1. The molecule has 0 spiro atoms. The molecule has 0 atom stereocenters. The molecule has 0 aliphatic carbocycles. The molecule has 1 heterocycles. The van der Waals surface area contributed by atoms with Crippen LogP contribution in [-0.2, 0) is 6.42 Å². The van der Waals surface area contributed by atoms with Crippen LogP contribution in [0.25, 0.3) is 0 Å². The van der Waals surface area contributed by atoms with Gasteiger partial charge in [-0.25, -0.2) is 15.8 Å². The van der Waals surface area contributed by atoms with Gasteiger partial charge in [0, 0.05) is 24.6 Å². The van der Waals surface area contributed by atoms with Gasteiger partial charge in [-0.3, -0.25) is 0 Å². The molecule has 1 aromatic rings. The van der Waals surface area contributed by atoms with Gasteiger partial charge in [0.1, 0.15) is 17.5 Å². The van der Waals surface area contributed by atoms with E-state index in [1.165, 1.54) is 0 Å². The first-order chi connectivity index (χ1) is 8.54. The van der Waals surface area contributed by atoms with Crippen LogP contribution in [-0.4, -0.2) is 22.6 Å². The molecule has 102 valence electrons. The zero-order chi connectivity index (χ0) is 13.7. The van der Waals surface area contributed by atoms with E-state index in [0.717, 1.165) is 42.4 Å². The minimum atomic E-state index is 0.411. The van der Waals surface area contributed by atoms with Crippen molar-refractivity contribution in [2.45, 2.75) is 53.5 Å². The first-order valence-corrected chi connectivity index (χ1v) is 6.65. The SMILES string of the molecule is CCCN(c1nc(CC)nc(NN)c1C)C(C)C. The van der Waals surface area contributed by atoms with Crippen LogP contribution in [0.15, 0.2) is 0 Å². The summed E-state index contributed by atoms with van der Waals surface area (Å²) in [5.74, 6) is 8.07. The number of aryl methyl sites for hydroxylation is 1. The highest BCUT2D eigenvalue weighted by atomic mass is 15.3. The number of hydrogen-bond donors (Lipinski definition) is 2. The van der Waals surface area contributed by atoms with Gasteiger partial charge >= 0.3 is 0 Å². The minimum Gasteiger partial charge on any atom is -0.354 e. The summed E-state index contributed by atoms with van der Waals surface area (Å²) in [5.41, 5.74) is 3.68. The summed E-state index contributed by atoms with van der Waals surface area (Å²) in [7, 11) is 0. The van der Waals surface area contributed by atoms with Crippen LogP contribution < -0.4 is 16.2 Å². The Balaban J connectivity index is 3.26. The van der Waals surface area contributed by atoms with Crippen LogP contribution in [0.3, 0.4) is 0 Å². The fraction of sp³-hybridized carbons (Fsp3) is 0.692. The molecule has 0 fully saturated rings. The van der Waals surface area contributed by atoms with E-state index in [1.807, 2.05) is 13.8 Å². The quantitative estimate of drug-likeness (QED) is 0.599. The Hall–Kier alpha value is -1.36. The Labute approximate surface area is 110 Å². The number of anilines is 2. The van der Waals surface area contributed by atoms with Gasteiger partial charge in [-0.15, -0.1) is 0 Å². The first kappa shape index (κ1) is 14.7. The second-order valence-corrected chi connectivity index (χ2v) is 4.72. The Morgan fingerprint density at radius 3 is 2.39 bits per heavy atom. The predicted molar refractivity (Wildman–Crippen MR) is 76.7 cm³/mol. The van der Waals surface area contributed by atoms with E-state index in [-0.39, 0.29) is 0 Å². The highest BCUT2D eigenvalue weighted by Crippen LogP contribution is 2.25. The van der Waals surface area contributed by atoms with E-state index in [2.05, 4.69) is 41.1 Å². The van der Waals surface area contributed by atoms with Crippen LogP contribution >= 0.6 is 0 Å². The maximum absolute atomic E-state index is 5.53. The molecule has 5 heteroatoms. The number of aromatic nitrogens is 2. The molecule has 0 radical (unpaired) electrons. The predicted octanol–water partition coefficient (Wildman–Crippen LogP) is 2.26. The first-order valence-electron chi connectivity index (χ1n) is 6.65. The lowest BCUT2D eigenvalue weighted by Gasteiger charge is -2.29. The Morgan fingerprint density at radius 1 is 1.28 bits per heavy atom. The molecule has 0 saturated carbocycles. The lowest BCUT2D eigenvalue weighted by atomic mass is 10.2. The summed E-state index contributed by atoms with van der Waals surface area (Å²) in [6, 6.07) is 0.411. The third kappa shape index (κ3) is 3.10. The van der Waals surface area contributed by atoms with Crippen molar-refractivity contribution in [3.63, 3.8) is 0 Å². The van der Waals surface area contributed by atoms with E-state index in [4.69, 9.17) is 5.84 Å². The van der Waals surface area contributed by atoms with Gasteiger partial charge in [-0.05, 0) is 27.2 Å². The van der Waals surface area contributed by atoms with Gasteiger partial charge in [-0.1, -0.05) is 13.8 Å². The average Bonchev–Trinajstić information content (AvgIpc) is 2.36. The van der Waals surface area contributed by atoms with Crippen molar-refractivity contribution in [2.75, 3.05) is 16.9 Å². The number of nitrogen functional groups attached to an aromatic ring is 1. The van der Waals surface area contributed by atoms with Crippen molar-refractivity contribution in [2.24, 2.45) is 5.84 Å². The molecule has 0 unspecified atom stereocenters. The van der Waals surface area contributed by atoms with Gasteiger partial charge in [0.05, 0.1) is 0 Å². The van der Waals surface area contributed by atoms with Gasteiger partial charge in [0.25, 0.3) is 0 Å². The number of nitrogens with zero attached hydrogens (tertiary/aromatic N) is 3. The summed E-state index contributed by atoms with van der Waals surface area (Å²) in [5, 5.41) is 0. The minimum absolute atomic E-state index is 0.411. The average molecular weight is 251 g/mol. The van der Waals surface area contributed by atoms with E-state index < -0.39 is 0 Å². The zero-order valence-electron chi connectivity index (χ0n) is 12.1. The van der Waals surface area contributed by atoms with Crippen LogP contribution in [0, 0.1) is 6.92 Å². The van der Waals surface area contributed by atoms with Gasteiger partial charge in [0.15, 0.2) is 0 Å². The molecule has 18 heavy (non-hydrogen) atoms. The fourth-order valence-electron chi connectivity index (χ4n) is 1.98. The second kappa shape index (κ2) is 6.54. The van der Waals surface area contributed by atoms with Crippen molar-refractivity contribution >= 4 is 11.6 Å². The number of nitrogens with two attached hydrogens (primary N) is 1. The Morgan fingerprint density at radius 2 is 1.94 bits per heavy atom. The van der Waals surface area contributed by atoms with Crippen molar-refractivity contribution in [3.05, 3.63) is 11.4 Å². The van der Waals surface area contributed by atoms with Crippen LogP contribution in [0.1, 0.15) is 45.5 Å². The Kier molecular flexibility index (Phi) is 5.34. The zero-order valence-corrected chi connectivity index (χ0v) is 12.1. The van der Waals surface area contributed by atoms with E-state index in [9.17, 15) is 0 Å². The van der Waals surface area contributed by atoms with Crippen molar-refractivity contribution in [1.29, 1.82) is 0 Å². The molecule has 3 N–H and O–H groups in total. The number of nitrogens with one attached hydrogen (secondary N) is 1. The lowest BCUT2D eigenvalue weighted by molar-refractivity contribution is 0.656. The highest BCUT2D eigenvalue weighted by Gasteiger charge is 2.17. The van der Waals surface area contributed by atoms with E-state index in [1.54, 1.807) is 0 Å². The van der Waals surface area contributed by atoms with Gasteiger partial charge in [0.2, 0.25) is 0 Å². The second-order valence-electron chi connectivity index (χ2n) is 4.72. The molecule has 0 amide bonds. The maximum atomic E-state index is 5.53. The number of hydrogen-bond acceptors (Lipinski definition) is 5. The molecule has 5 nitrogen and oxygen atoms in total. The van der Waals surface area contributed by atoms with Crippen molar-refractivity contribution < 1.29 is 0 Å². The number of rotatable bonds is 6.